The molecule has 1 saturated carbocycles. The second-order valence-corrected chi connectivity index (χ2v) is 4.90. The fourth-order valence-electron chi connectivity index (χ4n) is 3.55. The fourth-order valence-corrected chi connectivity index (χ4v) is 3.55. The Morgan fingerprint density at radius 2 is 1.92 bits per heavy atom. The molecule has 2 saturated heterocycles. The second kappa shape index (κ2) is 3.25. The van der Waals surface area contributed by atoms with Gasteiger partial charge in [0.05, 0.1) is 0 Å². The van der Waals surface area contributed by atoms with Gasteiger partial charge in [0.25, 0.3) is 0 Å². The predicted octanol–water partition coefficient (Wildman–Crippen LogP) is 1.37. The van der Waals surface area contributed by atoms with E-state index >= 15 is 0 Å². The van der Waals surface area contributed by atoms with Crippen molar-refractivity contribution in [1.29, 1.82) is 0 Å². The minimum absolute atomic E-state index is 0.836. The molecular formula is C11H20N2. The fraction of sp³-hybridized carbons (Fsp3) is 1.00. The van der Waals surface area contributed by atoms with E-state index in [2.05, 4.69) is 10.2 Å². The molecule has 2 heteroatoms. The molecule has 1 aliphatic carbocycles. The summed E-state index contributed by atoms with van der Waals surface area (Å²) in [5.74, 6) is 0. The minimum Gasteiger partial charge on any atom is -0.311 e. The van der Waals surface area contributed by atoms with E-state index in [0.717, 1.165) is 18.1 Å². The average molecular weight is 180 g/mol. The van der Waals surface area contributed by atoms with Crippen molar-refractivity contribution in [2.24, 2.45) is 0 Å². The van der Waals surface area contributed by atoms with Crippen LogP contribution in [0.1, 0.15) is 38.5 Å². The summed E-state index contributed by atoms with van der Waals surface area (Å²) in [5, 5.41) is 3.75. The maximum absolute atomic E-state index is 3.75. The van der Waals surface area contributed by atoms with Gasteiger partial charge in [0.15, 0.2) is 0 Å². The normalized spacial score (nSPS) is 45.7. The molecule has 0 aromatic carbocycles. The van der Waals surface area contributed by atoms with Gasteiger partial charge in [-0.05, 0) is 32.2 Å². The van der Waals surface area contributed by atoms with E-state index in [0.29, 0.717) is 0 Å². The van der Waals surface area contributed by atoms with Gasteiger partial charge < -0.3 is 5.32 Å². The van der Waals surface area contributed by atoms with E-state index in [1.54, 1.807) is 0 Å². The van der Waals surface area contributed by atoms with E-state index in [1.165, 1.54) is 51.6 Å². The van der Waals surface area contributed by atoms with E-state index < -0.39 is 0 Å². The molecule has 0 aromatic rings. The first kappa shape index (κ1) is 8.25. The lowest BCUT2D eigenvalue weighted by Crippen LogP contribution is -2.61. The lowest BCUT2D eigenvalue weighted by Gasteiger charge is -2.46. The summed E-state index contributed by atoms with van der Waals surface area (Å²) in [7, 11) is 0. The maximum Gasteiger partial charge on any atom is 0.0252 e. The van der Waals surface area contributed by atoms with E-state index in [1.807, 2.05) is 0 Å². The van der Waals surface area contributed by atoms with Gasteiger partial charge in [-0.3, -0.25) is 4.90 Å². The zero-order valence-electron chi connectivity index (χ0n) is 8.34. The van der Waals surface area contributed by atoms with Crippen LogP contribution in [0.4, 0.5) is 0 Å². The summed E-state index contributed by atoms with van der Waals surface area (Å²) in [6.45, 7) is 2.65. The number of piperazine rings is 1. The summed E-state index contributed by atoms with van der Waals surface area (Å²) >= 11 is 0. The van der Waals surface area contributed by atoms with Crippen LogP contribution >= 0.6 is 0 Å². The molecule has 0 spiro atoms. The summed E-state index contributed by atoms with van der Waals surface area (Å²) in [6.07, 6.45) is 8.67. The van der Waals surface area contributed by atoms with Crippen LogP contribution in [-0.2, 0) is 0 Å². The third kappa shape index (κ3) is 1.31. The first-order valence-corrected chi connectivity index (χ1v) is 5.94. The first-order valence-electron chi connectivity index (χ1n) is 5.94. The molecule has 0 bridgehead atoms. The zero-order valence-corrected chi connectivity index (χ0v) is 8.34. The summed E-state index contributed by atoms with van der Waals surface area (Å²) in [4.78, 5) is 2.81. The Balaban J connectivity index is 1.77. The smallest absolute Gasteiger partial charge is 0.0252 e. The highest BCUT2D eigenvalue weighted by Crippen LogP contribution is 2.32. The van der Waals surface area contributed by atoms with Crippen LogP contribution in [-0.4, -0.2) is 36.1 Å². The summed E-state index contributed by atoms with van der Waals surface area (Å²) in [6, 6.07) is 2.62. The molecule has 74 valence electrons. The van der Waals surface area contributed by atoms with Crippen molar-refractivity contribution in [3.8, 4) is 0 Å². The Kier molecular flexibility index (Phi) is 2.06. The monoisotopic (exact) mass is 180 g/mol. The van der Waals surface area contributed by atoms with Gasteiger partial charge in [-0.25, -0.2) is 0 Å². The maximum atomic E-state index is 3.75. The van der Waals surface area contributed by atoms with E-state index in [-0.39, 0.29) is 0 Å². The van der Waals surface area contributed by atoms with Crippen LogP contribution in [0.3, 0.4) is 0 Å². The molecule has 0 radical (unpaired) electrons. The van der Waals surface area contributed by atoms with Gasteiger partial charge in [-0.1, -0.05) is 12.8 Å². The topological polar surface area (TPSA) is 15.3 Å². The summed E-state index contributed by atoms with van der Waals surface area (Å²) < 4.78 is 0. The Morgan fingerprint density at radius 1 is 1.00 bits per heavy atom. The van der Waals surface area contributed by atoms with Gasteiger partial charge in [0.2, 0.25) is 0 Å². The van der Waals surface area contributed by atoms with Crippen molar-refractivity contribution in [2.75, 3.05) is 13.1 Å². The van der Waals surface area contributed by atoms with Crippen molar-refractivity contribution in [2.45, 2.75) is 56.7 Å². The van der Waals surface area contributed by atoms with E-state index in [9.17, 15) is 0 Å². The molecular weight excluding hydrogens is 160 g/mol. The Morgan fingerprint density at radius 3 is 2.92 bits per heavy atom. The average Bonchev–Trinajstić information content (AvgIpc) is 2.65. The quantitative estimate of drug-likeness (QED) is 0.605. The van der Waals surface area contributed by atoms with Crippen LogP contribution in [0.15, 0.2) is 0 Å². The van der Waals surface area contributed by atoms with Crippen molar-refractivity contribution in [3.05, 3.63) is 0 Å². The molecule has 0 aromatic heterocycles. The van der Waals surface area contributed by atoms with Crippen molar-refractivity contribution in [3.63, 3.8) is 0 Å². The zero-order chi connectivity index (χ0) is 8.67. The highest BCUT2D eigenvalue weighted by atomic mass is 15.3. The number of hydrogen-bond acceptors (Lipinski definition) is 2. The molecule has 2 nitrogen and oxygen atoms in total. The van der Waals surface area contributed by atoms with Gasteiger partial charge in [-0.15, -0.1) is 0 Å². The highest BCUT2D eigenvalue weighted by Gasteiger charge is 2.39. The molecule has 0 unspecified atom stereocenters. The third-order valence-corrected chi connectivity index (χ3v) is 4.19. The molecule has 2 heterocycles. The molecule has 3 aliphatic rings. The Bertz CT molecular complexity index is 193. The number of fused-ring (bicyclic) bond motifs is 3. The predicted molar refractivity (Wildman–Crippen MR) is 53.8 cm³/mol. The molecule has 13 heavy (non-hydrogen) atoms. The van der Waals surface area contributed by atoms with Crippen LogP contribution in [0.2, 0.25) is 0 Å². The lowest BCUT2D eigenvalue weighted by atomic mass is 9.87. The molecule has 0 amide bonds. The standard InChI is InChI=1S/C11H20N2/c1-2-6-11-10(5-1)12-8-9-4-3-7-13(9)11/h9-12H,1-8H2/t9-,10-,11-/m0/s1. The van der Waals surface area contributed by atoms with Gasteiger partial charge in [0, 0.05) is 24.7 Å². The summed E-state index contributed by atoms with van der Waals surface area (Å²) in [5.41, 5.74) is 0. The van der Waals surface area contributed by atoms with Crippen molar-refractivity contribution >= 4 is 0 Å². The Hall–Kier alpha value is -0.0800. The van der Waals surface area contributed by atoms with Crippen LogP contribution in [0.25, 0.3) is 0 Å². The highest BCUT2D eigenvalue weighted by molar-refractivity contribution is 4.98. The van der Waals surface area contributed by atoms with Crippen molar-refractivity contribution < 1.29 is 0 Å². The minimum atomic E-state index is 0.836. The number of nitrogens with one attached hydrogen (secondary N) is 1. The molecule has 3 fully saturated rings. The number of rotatable bonds is 0. The van der Waals surface area contributed by atoms with Gasteiger partial charge >= 0.3 is 0 Å². The van der Waals surface area contributed by atoms with Crippen LogP contribution < -0.4 is 5.32 Å². The second-order valence-electron chi connectivity index (χ2n) is 4.90. The number of nitrogens with zero attached hydrogens (tertiary/aromatic N) is 1. The molecule has 2 aliphatic heterocycles. The van der Waals surface area contributed by atoms with Gasteiger partial charge in [-0.2, -0.15) is 0 Å². The first-order chi connectivity index (χ1) is 6.45. The largest absolute Gasteiger partial charge is 0.311 e. The SMILES string of the molecule is C1CC[C@H]2[C@H](C1)NC[C@@H]1CCCN12. The molecule has 3 atom stereocenters. The van der Waals surface area contributed by atoms with Crippen molar-refractivity contribution in [1.82, 2.24) is 10.2 Å². The number of hydrogen-bond donors (Lipinski definition) is 1. The third-order valence-electron chi connectivity index (χ3n) is 4.19. The lowest BCUT2D eigenvalue weighted by molar-refractivity contribution is 0.0696. The molecule has 1 N–H and O–H groups in total. The van der Waals surface area contributed by atoms with Crippen LogP contribution in [0.5, 0.6) is 0 Å². The van der Waals surface area contributed by atoms with Crippen LogP contribution in [0, 0.1) is 0 Å². The van der Waals surface area contributed by atoms with Gasteiger partial charge in [0.1, 0.15) is 0 Å². The Labute approximate surface area is 80.7 Å². The van der Waals surface area contributed by atoms with E-state index in [4.69, 9.17) is 0 Å². The molecule has 3 rings (SSSR count).